The molecule has 0 spiro atoms. The SMILES string of the molecule is Cc1cccc(C[C@H](NC(=O)c2cccc(CCc3nccs3)c2)B(O)O)c1O. The molecule has 0 unspecified atom stereocenters. The summed E-state index contributed by atoms with van der Waals surface area (Å²) in [5, 5.41) is 35.3. The van der Waals surface area contributed by atoms with Crippen molar-refractivity contribution in [2.45, 2.75) is 32.1 Å². The van der Waals surface area contributed by atoms with Gasteiger partial charge >= 0.3 is 7.12 Å². The molecule has 0 fully saturated rings. The molecule has 0 radical (unpaired) electrons. The fourth-order valence-electron chi connectivity index (χ4n) is 3.10. The molecule has 0 bridgehead atoms. The Labute approximate surface area is 174 Å². The minimum atomic E-state index is -1.76. The maximum absolute atomic E-state index is 12.7. The Balaban J connectivity index is 1.68. The van der Waals surface area contributed by atoms with Crippen molar-refractivity contribution in [2.24, 2.45) is 0 Å². The molecule has 6 nitrogen and oxygen atoms in total. The Hall–Kier alpha value is -2.68. The first-order valence-corrected chi connectivity index (χ1v) is 10.2. The van der Waals surface area contributed by atoms with E-state index in [4.69, 9.17) is 0 Å². The topological polar surface area (TPSA) is 103 Å². The van der Waals surface area contributed by atoms with Gasteiger partial charge in [-0.05, 0) is 48.6 Å². The van der Waals surface area contributed by atoms with Crippen molar-refractivity contribution < 1.29 is 19.9 Å². The van der Waals surface area contributed by atoms with Gasteiger partial charge in [0.25, 0.3) is 5.91 Å². The number of carbonyl (C=O) groups excluding carboxylic acids is 1. The molecule has 4 N–H and O–H groups in total. The van der Waals surface area contributed by atoms with Crippen molar-refractivity contribution >= 4 is 24.4 Å². The normalized spacial score (nSPS) is 11.8. The van der Waals surface area contributed by atoms with E-state index in [1.54, 1.807) is 54.8 Å². The van der Waals surface area contributed by atoms with E-state index in [2.05, 4.69) is 10.3 Å². The Bertz CT molecular complexity index is 963. The fourth-order valence-corrected chi connectivity index (χ4v) is 3.72. The van der Waals surface area contributed by atoms with Gasteiger partial charge in [-0.3, -0.25) is 4.79 Å². The van der Waals surface area contributed by atoms with E-state index in [9.17, 15) is 19.9 Å². The van der Waals surface area contributed by atoms with E-state index in [1.165, 1.54) is 0 Å². The predicted molar refractivity (Wildman–Crippen MR) is 114 cm³/mol. The number of carbonyl (C=O) groups is 1. The second-order valence-corrected chi connectivity index (χ2v) is 7.89. The zero-order valence-corrected chi connectivity index (χ0v) is 16.9. The van der Waals surface area contributed by atoms with E-state index >= 15 is 0 Å². The Kier molecular flexibility index (Phi) is 7.03. The largest absolute Gasteiger partial charge is 0.507 e. The van der Waals surface area contributed by atoms with Gasteiger partial charge in [0.1, 0.15) is 5.75 Å². The summed E-state index contributed by atoms with van der Waals surface area (Å²) in [6.45, 7) is 1.76. The number of rotatable bonds is 8. The number of aromatic nitrogens is 1. The number of nitrogens with one attached hydrogen (secondary N) is 1. The summed E-state index contributed by atoms with van der Waals surface area (Å²) < 4.78 is 0. The van der Waals surface area contributed by atoms with Crippen LogP contribution in [-0.2, 0) is 19.3 Å². The molecule has 29 heavy (non-hydrogen) atoms. The lowest BCUT2D eigenvalue weighted by molar-refractivity contribution is 0.0941. The highest BCUT2D eigenvalue weighted by Crippen LogP contribution is 2.23. The van der Waals surface area contributed by atoms with Crippen LogP contribution in [0.2, 0.25) is 0 Å². The number of hydrogen-bond donors (Lipinski definition) is 4. The molecule has 0 saturated heterocycles. The van der Waals surface area contributed by atoms with Crippen LogP contribution in [0.1, 0.15) is 32.1 Å². The van der Waals surface area contributed by atoms with Gasteiger partial charge in [-0.2, -0.15) is 0 Å². The summed E-state index contributed by atoms with van der Waals surface area (Å²) >= 11 is 1.60. The highest BCUT2D eigenvalue weighted by Gasteiger charge is 2.27. The Morgan fingerprint density at radius 1 is 1.21 bits per heavy atom. The average Bonchev–Trinajstić information content (AvgIpc) is 3.23. The van der Waals surface area contributed by atoms with E-state index in [1.807, 2.05) is 17.5 Å². The standard InChI is InChI=1S/C21H23BN2O4S/c1-14-4-2-6-16(20(14)25)13-18(22(27)28)24-21(26)17-7-3-5-15(12-17)8-9-19-23-10-11-29-19/h2-7,10-12,18,25,27-28H,8-9,13H2,1H3,(H,24,26)/t18-/m0/s1. The minimum Gasteiger partial charge on any atom is -0.507 e. The number of benzene rings is 2. The van der Waals surface area contributed by atoms with Crippen molar-refractivity contribution in [1.82, 2.24) is 10.3 Å². The third-order valence-corrected chi connectivity index (χ3v) is 5.58. The summed E-state index contributed by atoms with van der Waals surface area (Å²) in [5.41, 5.74) is 2.68. The molecule has 150 valence electrons. The third-order valence-electron chi connectivity index (χ3n) is 4.74. The van der Waals surface area contributed by atoms with Gasteiger partial charge < -0.3 is 20.5 Å². The fraction of sp³-hybridized carbons (Fsp3) is 0.238. The average molecular weight is 410 g/mol. The van der Waals surface area contributed by atoms with E-state index in [-0.39, 0.29) is 12.2 Å². The van der Waals surface area contributed by atoms with Gasteiger partial charge in [0, 0.05) is 23.6 Å². The van der Waals surface area contributed by atoms with Crippen LogP contribution in [0.4, 0.5) is 0 Å². The minimum absolute atomic E-state index is 0.0941. The van der Waals surface area contributed by atoms with Crippen LogP contribution in [0, 0.1) is 6.92 Å². The summed E-state index contributed by atoms with van der Waals surface area (Å²) in [4.78, 5) is 16.9. The van der Waals surface area contributed by atoms with Crippen LogP contribution in [0.5, 0.6) is 5.75 Å². The zero-order chi connectivity index (χ0) is 20.8. The molecule has 0 aliphatic heterocycles. The first kappa shape index (κ1) is 21.0. The second-order valence-electron chi connectivity index (χ2n) is 6.91. The highest BCUT2D eigenvalue weighted by atomic mass is 32.1. The molecule has 0 saturated carbocycles. The number of nitrogens with zero attached hydrogens (tertiary/aromatic N) is 1. The molecule has 8 heteroatoms. The molecular formula is C21H23BN2O4S. The molecule has 0 aliphatic rings. The van der Waals surface area contributed by atoms with Crippen LogP contribution in [0.25, 0.3) is 0 Å². The van der Waals surface area contributed by atoms with Crippen molar-refractivity contribution in [3.8, 4) is 5.75 Å². The molecule has 1 heterocycles. The van der Waals surface area contributed by atoms with Crippen LogP contribution >= 0.6 is 11.3 Å². The number of amides is 1. The Morgan fingerprint density at radius 2 is 2.00 bits per heavy atom. The summed E-state index contributed by atoms with van der Waals surface area (Å²) in [5.74, 6) is -1.25. The lowest BCUT2D eigenvalue weighted by Crippen LogP contribution is -2.47. The maximum atomic E-state index is 12.7. The summed E-state index contributed by atoms with van der Waals surface area (Å²) in [6, 6.07) is 12.5. The lowest BCUT2D eigenvalue weighted by Gasteiger charge is -2.19. The number of phenols is 1. The van der Waals surface area contributed by atoms with Crippen molar-refractivity contribution in [2.75, 3.05) is 0 Å². The maximum Gasteiger partial charge on any atom is 0.475 e. The molecule has 1 amide bonds. The summed E-state index contributed by atoms with van der Waals surface area (Å²) in [7, 11) is -1.76. The van der Waals surface area contributed by atoms with Gasteiger partial charge in [0.05, 0.1) is 10.9 Å². The molecule has 1 aromatic heterocycles. The second kappa shape index (κ2) is 9.69. The number of aromatic hydroxyl groups is 1. The number of hydrogen-bond acceptors (Lipinski definition) is 6. The van der Waals surface area contributed by atoms with Crippen LogP contribution < -0.4 is 5.32 Å². The van der Waals surface area contributed by atoms with E-state index < -0.39 is 19.0 Å². The molecule has 0 aliphatic carbocycles. The van der Waals surface area contributed by atoms with Gasteiger partial charge in [-0.1, -0.05) is 30.3 Å². The highest BCUT2D eigenvalue weighted by molar-refractivity contribution is 7.09. The van der Waals surface area contributed by atoms with Gasteiger partial charge in [-0.15, -0.1) is 11.3 Å². The first-order valence-electron chi connectivity index (χ1n) is 9.36. The third kappa shape index (κ3) is 5.66. The first-order chi connectivity index (χ1) is 13.9. The van der Waals surface area contributed by atoms with Crippen LogP contribution in [-0.4, -0.2) is 39.1 Å². The smallest absolute Gasteiger partial charge is 0.475 e. The van der Waals surface area contributed by atoms with Crippen LogP contribution in [0.3, 0.4) is 0 Å². The number of thiazole rings is 1. The van der Waals surface area contributed by atoms with E-state index in [0.29, 0.717) is 16.7 Å². The van der Waals surface area contributed by atoms with Crippen molar-refractivity contribution in [3.05, 3.63) is 81.3 Å². The van der Waals surface area contributed by atoms with Gasteiger partial charge in [0.15, 0.2) is 0 Å². The van der Waals surface area contributed by atoms with Crippen LogP contribution in [0.15, 0.2) is 54.0 Å². The molecular weight excluding hydrogens is 387 g/mol. The number of para-hydroxylation sites is 1. The monoisotopic (exact) mass is 410 g/mol. The predicted octanol–water partition coefficient (Wildman–Crippen LogP) is 2.30. The van der Waals surface area contributed by atoms with E-state index in [0.717, 1.165) is 23.4 Å². The molecule has 1 atom stereocenters. The van der Waals surface area contributed by atoms with Crippen molar-refractivity contribution in [1.29, 1.82) is 0 Å². The quantitative estimate of drug-likeness (QED) is 0.427. The lowest BCUT2D eigenvalue weighted by atomic mass is 9.75. The molecule has 3 aromatic rings. The zero-order valence-electron chi connectivity index (χ0n) is 16.1. The number of aryl methyl sites for hydroxylation is 3. The van der Waals surface area contributed by atoms with Gasteiger partial charge in [-0.25, -0.2) is 4.98 Å². The Morgan fingerprint density at radius 3 is 2.72 bits per heavy atom. The molecule has 2 aromatic carbocycles. The van der Waals surface area contributed by atoms with Crippen molar-refractivity contribution in [3.63, 3.8) is 0 Å². The number of phenolic OH excluding ortho intramolecular Hbond substituents is 1. The van der Waals surface area contributed by atoms with Gasteiger partial charge in [0.2, 0.25) is 0 Å². The summed E-state index contributed by atoms with van der Waals surface area (Å²) in [6.07, 6.45) is 3.43. The molecule has 3 rings (SSSR count).